The fraction of sp³-hybridized carbons (Fsp3) is 0.235. The normalized spacial score (nSPS) is 13.5. The highest BCUT2D eigenvalue weighted by molar-refractivity contribution is 7.98. The van der Waals surface area contributed by atoms with E-state index in [4.69, 9.17) is 9.88 Å². The molecule has 2 aromatic heterocycles. The number of hydrogen-bond acceptors (Lipinski definition) is 8. The number of rotatable bonds is 4. The van der Waals surface area contributed by atoms with Gasteiger partial charge in [-0.05, 0) is 29.7 Å². The summed E-state index contributed by atoms with van der Waals surface area (Å²) in [6, 6.07) is 7.91. The van der Waals surface area contributed by atoms with E-state index >= 15 is 0 Å². The lowest BCUT2D eigenvalue weighted by Gasteiger charge is -2.30. The summed E-state index contributed by atoms with van der Waals surface area (Å²) in [5.74, 6) is 1.08. The predicted molar refractivity (Wildman–Crippen MR) is 103 cm³/mol. The van der Waals surface area contributed by atoms with Gasteiger partial charge in [-0.1, -0.05) is 6.07 Å². The van der Waals surface area contributed by atoms with Gasteiger partial charge in [0, 0.05) is 42.4 Å². The highest BCUT2D eigenvalue weighted by Crippen LogP contribution is 2.30. The maximum atomic E-state index is 12.4. The average Bonchev–Trinajstić information content (AvgIpc) is 2.67. The van der Waals surface area contributed by atoms with E-state index in [0.29, 0.717) is 29.0 Å². The first-order valence-electron chi connectivity index (χ1n) is 8.10. The molecule has 1 aliphatic rings. The Hall–Kier alpha value is -2.78. The van der Waals surface area contributed by atoms with Gasteiger partial charge in [0.1, 0.15) is 5.82 Å². The summed E-state index contributed by atoms with van der Waals surface area (Å²) < 4.78 is 8.35. The third-order valence-corrected chi connectivity index (χ3v) is 4.86. The Labute approximate surface area is 154 Å². The zero-order chi connectivity index (χ0) is 18.1. The molecule has 3 aromatic rings. The summed E-state index contributed by atoms with van der Waals surface area (Å²) in [6.07, 6.45) is 2.47. The lowest BCUT2D eigenvalue weighted by atomic mass is 9.99. The van der Waals surface area contributed by atoms with E-state index in [-0.39, 0.29) is 5.56 Å². The third-order valence-electron chi connectivity index (χ3n) is 4.51. The van der Waals surface area contributed by atoms with Gasteiger partial charge >= 0.3 is 0 Å². The Kier molecular flexibility index (Phi) is 4.39. The topological polar surface area (TPSA) is 109 Å². The molecule has 0 saturated heterocycles. The number of aromatic amines is 1. The van der Waals surface area contributed by atoms with Gasteiger partial charge in [-0.2, -0.15) is 10.1 Å². The number of aromatic nitrogens is 3. The number of methoxy groups -OCH3 is 1. The van der Waals surface area contributed by atoms with E-state index in [2.05, 4.69) is 36.9 Å². The van der Waals surface area contributed by atoms with Crippen LogP contribution in [0.3, 0.4) is 0 Å². The summed E-state index contributed by atoms with van der Waals surface area (Å²) in [5.41, 5.74) is 3.20. The molecule has 0 radical (unpaired) electrons. The van der Waals surface area contributed by atoms with Gasteiger partial charge in [-0.3, -0.25) is 9.93 Å². The first kappa shape index (κ1) is 16.7. The molecule has 1 aromatic carbocycles. The standard InChI is InChI=1S/C17H18N6O2S/c1-25-14-7-12-8-19-21-17(24)15(12)16(20-14)23-5-4-10-6-13(22-26-18)3-2-11(10)9-23/h2-3,6-8,22H,4-5,9,18H2,1H3,(H,21,24). The van der Waals surface area contributed by atoms with Crippen molar-refractivity contribution < 1.29 is 4.74 Å². The van der Waals surface area contributed by atoms with Crippen LogP contribution in [0.25, 0.3) is 10.8 Å². The second-order valence-corrected chi connectivity index (χ2v) is 6.47. The molecule has 4 rings (SSSR count). The molecule has 0 amide bonds. The molecule has 0 atom stereocenters. The minimum atomic E-state index is -0.252. The van der Waals surface area contributed by atoms with Crippen LogP contribution in [0.2, 0.25) is 0 Å². The van der Waals surface area contributed by atoms with Crippen LogP contribution in [0.4, 0.5) is 11.5 Å². The van der Waals surface area contributed by atoms with Gasteiger partial charge in [0.25, 0.3) is 5.56 Å². The molecule has 1 aliphatic heterocycles. The number of nitrogens with one attached hydrogen (secondary N) is 2. The van der Waals surface area contributed by atoms with E-state index in [9.17, 15) is 4.79 Å². The van der Waals surface area contributed by atoms with Crippen LogP contribution >= 0.6 is 12.1 Å². The van der Waals surface area contributed by atoms with Gasteiger partial charge in [0.2, 0.25) is 5.88 Å². The Balaban J connectivity index is 1.76. The summed E-state index contributed by atoms with van der Waals surface area (Å²) in [6.45, 7) is 1.42. The first-order valence-corrected chi connectivity index (χ1v) is 8.98. The van der Waals surface area contributed by atoms with Crippen LogP contribution in [-0.2, 0) is 13.0 Å². The lowest BCUT2D eigenvalue weighted by Crippen LogP contribution is -2.32. The second-order valence-electron chi connectivity index (χ2n) is 6.03. The molecule has 8 nitrogen and oxygen atoms in total. The fourth-order valence-electron chi connectivity index (χ4n) is 3.28. The van der Waals surface area contributed by atoms with Crippen molar-refractivity contribution in [1.29, 1.82) is 0 Å². The Morgan fingerprint density at radius 1 is 1.35 bits per heavy atom. The number of H-pyrrole nitrogens is 1. The van der Waals surface area contributed by atoms with E-state index in [1.807, 2.05) is 6.07 Å². The summed E-state index contributed by atoms with van der Waals surface area (Å²) in [4.78, 5) is 19.0. The third kappa shape index (κ3) is 2.95. The number of ether oxygens (including phenoxy) is 1. The number of fused-ring (bicyclic) bond motifs is 2. The molecule has 0 fully saturated rings. The molecule has 0 spiro atoms. The molecule has 26 heavy (non-hydrogen) atoms. The molecule has 4 N–H and O–H groups in total. The number of nitrogens with two attached hydrogens (primary N) is 1. The Morgan fingerprint density at radius 3 is 3.04 bits per heavy atom. The second kappa shape index (κ2) is 6.85. The van der Waals surface area contributed by atoms with Gasteiger partial charge in [-0.15, -0.1) is 0 Å². The van der Waals surface area contributed by atoms with Crippen molar-refractivity contribution in [2.24, 2.45) is 5.14 Å². The number of benzene rings is 1. The Bertz CT molecular complexity index is 1020. The zero-order valence-corrected chi connectivity index (χ0v) is 15.0. The first-order chi connectivity index (χ1) is 12.7. The van der Waals surface area contributed by atoms with Crippen LogP contribution in [0.5, 0.6) is 5.88 Å². The van der Waals surface area contributed by atoms with Crippen LogP contribution < -0.4 is 25.1 Å². The molecule has 3 heterocycles. The van der Waals surface area contributed by atoms with Crippen LogP contribution in [-0.4, -0.2) is 28.8 Å². The lowest BCUT2D eigenvalue weighted by molar-refractivity contribution is 0.398. The minimum absolute atomic E-state index is 0.252. The Morgan fingerprint density at radius 2 is 2.23 bits per heavy atom. The van der Waals surface area contributed by atoms with E-state index in [0.717, 1.165) is 30.8 Å². The number of pyridine rings is 1. The molecule has 9 heteroatoms. The molecular formula is C17H18N6O2S. The highest BCUT2D eigenvalue weighted by atomic mass is 32.2. The maximum Gasteiger partial charge on any atom is 0.275 e. The van der Waals surface area contributed by atoms with Crippen molar-refractivity contribution in [3.63, 3.8) is 0 Å². The average molecular weight is 370 g/mol. The van der Waals surface area contributed by atoms with E-state index < -0.39 is 0 Å². The van der Waals surface area contributed by atoms with E-state index in [1.54, 1.807) is 19.4 Å². The summed E-state index contributed by atoms with van der Waals surface area (Å²) >= 11 is 1.08. The van der Waals surface area contributed by atoms with Crippen LogP contribution in [0.15, 0.2) is 35.3 Å². The summed E-state index contributed by atoms with van der Waals surface area (Å²) in [5, 5.41) is 13.1. The molecule has 0 saturated carbocycles. The summed E-state index contributed by atoms with van der Waals surface area (Å²) in [7, 11) is 1.56. The smallest absolute Gasteiger partial charge is 0.275 e. The molecule has 134 valence electrons. The largest absolute Gasteiger partial charge is 0.481 e. The number of nitrogens with zero attached hydrogens (tertiary/aromatic N) is 3. The van der Waals surface area contributed by atoms with Crippen molar-refractivity contribution in [2.75, 3.05) is 23.3 Å². The molecule has 0 aliphatic carbocycles. The van der Waals surface area contributed by atoms with Crippen molar-refractivity contribution in [2.45, 2.75) is 13.0 Å². The quantitative estimate of drug-likeness (QED) is 0.597. The molecule has 0 bridgehead atoms. The highest BCUT2D eigenvalue weighted by Gasteiger charge is 2.22. The fourth-order valence-corrected chi connectivity index (χ4v) is 3.54. The SMILES string of the molecule is COc1cc2cn[nH]c(=O)c2c(N2CCc3cc(NSN)ccc3C2)n1. The van der Waals surface area contributed by atoms with Crippen molar-refractivity contribution in [3.8, 4) is 5.88 Å². The number of hydrogen-bond donors (Lipinski definition) is 3. The zero-order valence-electron chi connectivity index (χ0n) is 14.2. The van der Waals surface area contributed by atoms with Gasteiger partial charge < -0.3 is 14.4 Å². The minimum Gasteiger partial charge on any atom is -0.481 e. The number of anilines is 2. The van der Waals surface area contributed by atoms with Crippen molar-refractivity contribution in [3.05, 3.63) is 51.9 Å². The van der Waals surface area contributed by atoms with Gasteiger partial charge in [0.15, 0.2) is 0 Å². The van der Waals surface area contributed by atoms with Gasteiger partial charge in [-0.25, -0.2) is 5.10 Å². The van der Waals surface area contributed by atoms with Crippen molar-refractivity contribution in [1.82, 2.24) is 15.2 Å². The molecular weight excluding hydrogens is 352 g/mol. The monoisotopic (exact) mass is 370 g/mol. The van der Waals surface area contributed by atoms with Crippen molar-refractivity contribution >= 4 is 34.4 Å². The van der Waals surface area contributed by atoms with E-state index in [1.165, 1.54) is 11.1 Å². The van der Waals surface area contributed by atoms with Crippen LogP contribution in [0.1, 0.15) is 11.1 Å². The molecule has 0 unspecified atom stereocenters. The van der Waals surface area contributed by atoms with Gasteiger partial charge in [0.05, 0.1) is 18.7 Å². The predicted octanol–water partition coefficient (Wildman–Crippen LogP) is 1.82. The maximum absolute atomic E-state index is 12.4. The van der Waals surface area contributed by atoms with Crippen LogP contribution in [0, 0.1) is 0 Å².